The molecule has 26 heavy (non-hydrogen) atoms. The molecule has 0 aliphatic rings. The molecule has 142 valence electrons. The third kappa shape index (κ3) is 4.91. The summed E-state index contributed by atoms with van der Waals surface area (Å²) in [6, 6.07) is 5.63. The number of carbonyl (C=O) groups is 1. The molecule has 0 radical (unpaired) electrons. The minimum atomic E-state index is -0.249. The molecule has 0 fully saturated rings. The lowest BCUT2D eigenvalue weighted by Crippen LogP contribution is -2.41. The summed E-state index contributed by atoms with van der Waals surface area (Å²) in [6.45, 7) is 8.59. The van der Waals surface area contributed by atoms with E-state index in [1.54, 1.807) is 14.2 Å². The van der Waals surface area contributed by atoms with Crippen molar-refractivity contribution >= 4 is 17.7 Å². The first kappa shape index (κ1) is 20.1. The average molecular weight is 378 g/mol. The van der Waals surface area contributed by atoms with E-state index in [9.17, 15) is 4.79 Å². The van der Waals surface area contributed by atoms with Crippen LogP contribution in [-0.4, -0.2) is 46.2 Å². The highest BCUT2D eigenvalue weighted by Crippen LogP contribution is 2.32. The normalized spacial score (nSPS) is 11.3. The molecule has 0 bridgehead atoms. The largest absolute Gasteiger partial charge is 0.493 e. The fraction of sp³-hybridized carbons (Fsp3) is 0.500. The topological polar surface area (TPSA) is 78.3 Å². The minimum absolute atomic E-state index is 0.0270. The van der Waals surface area contributed by atoms with E-state index in [-0.39, 0.29) is 11.4 Å². The molecular weight excluding hydrogens is 352 g/mol. The van der Waals surface area contributed by atoms with Gasteiger partial charge in [0.2, 0.25) is 5.91 Å². The van der Waals surface area contributed by atoms with Crippen LogP contribution in [0.3, 0.4) is 0 Å². The van der Waals surface area contributed by atoms with Crippen molar-refractivity contribution in [2.24, 2.45) is 0 Å². The number of nitrogens with one attached hydrogen (secondary N) is 1. The van der Waals surface area contributed by atoms with Crippen molar-refractivity contribution in [3.8, 4) is 22.9 Å². The van der Waals surface area contributed by atoms with Gasteiger partial charge in [0.05, 0.1) is 20.0 Å². The lowest BCUT2D eigenvalue weighted by molar-refractivity contribution is -0.119. The van der Waals surface area contributed by atoms with E-state index in [2.05, 4.69) is 15.5 Å². The van der Waals surface area contributed by atoms with Crippen LogP contribution in [0.25, 0.3) is 11.4 Å². The average Bonchev–Trinajstić information content (AvgIpc) is 3.00. The van der Waals surface area contributed by atoms with Gasteiger partial charge in [-0.3, -0.25) is 4.79 Å². The molecule has 1 amide bonds. The van der Waals surface area contributed by atoms with Crippen molar-refractivity contribution in [2.45, 2.75) is 44.9 Å². The standard InChI is InChI=1S/C18H26N4O3S/c1-7-22-16(12-8-9-13(24-5)14(10-12)25-6)20-21-17(22)26-11-15(23)19-18(2,3)4/h8-10H,7,11H2,1-6H3,(H,19,23). The summed E-state index contributed by atoms with van der Waals surface area (Å²) >= 11 is 1.37. The number of hydrogen-bond acceptors (Lipinski definition) is 6. The molecule has 2 rings (SSSR count). The highest BCUT2D eigenvalue weighted by Gasteiger charge is 2.18. The number of methoxy groups -OCH3 is 2. The van der Waals surface area contributed by atoms with Gasteiger partial charge < -0.3 is 19.4 Å². The molecule has 0 atom stereocenters. The number of carbonyl (C=O) groups excluding carboxylic acids is 1. The first-order valence-electron chi connectivity index (χ1n) is 8.38. The Labute approximate surface area is 158 Å². The van der Waals surface area contributed by atoms with Crippen LogP contribution in [0.15, 0.2) is 23.4 Å². The number of rotatable bonds is 7. The summed E-state index contributed by atoms with van der Waals surface area (Å²) < 4.78 is 12.6. The Morgan fingerprint density at radius 3 is 2.46 bits per heavy atom. The third-order valence-corrected chi connectivity index (χ3v) is 4.49. The second-order valence-corrected chi connectivity index (χ2v) is 7.65. The molecule has 7 nitrogen and oxygen atoms in total. The smallest absolute Gasteiger partial charge is 0.230 e. The quantitative estimate of drug-likeness (QED) is 0.746. The maximum Gasteiger partial charge on any atom is 0.230 e. The van der Waals surface area contributed by atoms with Gasteiger partial charge in [0.1, 0.15) is 0 Å². The number of nitrogens with zero attached hydrogens (tertiary/aromatic N) is 3. The Bertz CT molecular complexity index is 768. The molecule has 2 aromatic rings. The van der Waals surface area contributed by atoms with Gasteiger partial charge in [0.15, 0.2) is 22.5 Å². The van der Waals surface area contributed by atoms with Crippen LogP contribution in [0.1, 0.15) is 27.7 Å². The lowest BCUT2D eigenvalue weighted by atomic mass is 10.1. The molecule has 0 aliphatic carbocycles. The summed E-state index contributed by atoms with van der Waals surface area (Å²) in [7, 11) is 3.20. The SMILES string of the molecule is CCn1c(SCC(=O)NC(C)(C)C)nnc1-c1ccc(OC)c(OC)c1. The Balaban J connectivity index is 2.21. The van der Waals surface area contributed by atoms with Crippen molar-refractivity contribution in [3.05, 3.63) is 18.2 Å². The molecule has 0 saturated carbocycles. The molecule has 1 N–H and O–H groups in total. The van der Waals surface area contributed by atoms with Crippen molar-refractivity contribution in [1.29, 1.82) is 0 Å². The van der Waals surface area contributed by atoms with Gasteiger partial charge in [0, 0.05) is 17.6 Å². The summed E-state index contributed by atoms with van der Waals surface area (Å²) in [4.78, 5) is 12.0. The van der Waals surface area contributed by atoms with Crippen LogP contribution >= 0.6 is 11.8 Å². The van der Waals surface area contributed by atoms with Crippen molar-refractivity contribution in [3.63, 3.8) is 0 Å². The van der Waals surface area contributed by atoms with E-state index < -0.39 is 0 Å². The van der Waals surface area contributed by atoms with E-state index in [1.807, 2.05) is 50.5 Å². The fourth-order valence-electron chi connectivity index (χ4n) is 2.45. The second kappa shape index (κ2) is 8.44. The van der Waals surface area contributed by atoms with Crippen LogP contribution in [0.2, 0.25) is 0 Å². The van der Waals surface area contributed by atoms with E-state index in [4.69, 9.17) is 9.47 Å². The molecule has 0 unspecified atom stereocenters. The molecule has 1 aromatic carbocycles. The zero-order valence-corrected chi connectivity index (χ0v) is 16.9. The molecular formula is C18H26N4O3S. The Hall–Kier alpha value is -2.22. The van der Waals surface area contributed by atoms with Crippen molar-refractivity contribution in [1.82, 2.24) is 20.1 Å². The molecule has 0 spiro atoms. The predicted octanol–water partition coefficient (Wildman–Crippen LogP) is 2.99. The number of thioether (sulfide) groups is 1. The zero-order valence-electron chi connectivity index (χ0n) is 16.1. The van der Waals surface area contributed by atoms with E-state index in [0.717, 1.165) is 11.4 Å². The number of ether oxygens (including phenoxy) is 2. The highest BCUT2D eigenvalue weighted by molar-refractivity contribution is 7.99. The number of aromatic nitrogens is 3. The first-order chi connectivity index (χ1) is 12.3. The van der Waals surface area contributed by atoms with Gasteiger partial charge in [-0.1, -0.05) is 11.8 Å². The molecule has 1 heterocycles. The Morgan fingerprint density at radius 2 is 1.88 bits per heavy atom. The second-order valence-electron chi connectivity index (χ2n) is 6.71. The third-order valence-electron chi connectivity index (χ3n) is 3.52. The molecule has 1 aromatic heterocycles. The van der Waals surface area contributed by atoms with Crippen molar-refractivity contribution in [2.75, 3.05) is 20.0 Å². The maximum absolute atomic E-state index is 12.0. The first-order valence-corrected chi connectivity index (χ1v) is 9.37. The molecule has 8 heteroatoms. The molecule has 0 saturated heterocycles. The lowest BCUT2D eigenvalue weighted by Gasteiger charge is -2.20. The summed E-state index contributed by atoms with van der Waals surface area (Å²) in [5.74, 6) is 2.29. The monoisotopic (exact) mass is 378 g/mol. The van der Waals surface area contributed by atoms with Crippen LogP contribution in [0.4, 0.5) is 0 Å². The van der Waals surface area contributed by atoms with Gasteiger partial charge in [-0.25, -0.2) is 0 Å². The summed E-state index contributed by atoms with van der Waals surface area (Å²) in [5.41, 5.74) is 0.629. The van der Waals surface area contributed by atoms with E-state index in [0.29, 0.717) is 29.0 Å². The van der Waals surface area contributed by atoms with Crippen LogP contribution < -0.4 is 14.8 Å². The van der Waals surface area contributed by atoms with Crippen LogP contribution in [0.5, 0.6) is 11.5 Å². The maximum atomic E-state index is 12.0. The van der Waals surface area contributed by atoms with Gasteiger partial charge in [-0.05, 0) is 45.9 Å². The van der Waals surface area contributed by atoms with Gasteiger partial charge in [-0.2, -0.15) is 0 Å². The Morgan fingerprint density at radius 1 is 1.19 bits per heavy atom. The van der Waals surface area contributed by atoms with Crippen molar-refractivity contribution < 1.29 is 14.3 Å². The summed E-state index contributed by atoms with van der Waals surface area (Å²) in [6.07, 6.45) is 0. The number of amides is 1. The predicted molar refractivity (Wildman–Crippen MR) is 103 cm³/mol. The fourth-order valence-corrected chi connectivity index (χ4v) is 3.26. The van der Waals surface area contributed by atoms with Gasteiger partial charge >= 0.3 is 0 Å². The highest BCUT2D eigenvalue weighted by atomic mass is 32.2. The van der Waals surface area contributed by atoms with E-state index in [1.165, 1.54) is 11.8 Å². The van der Waals surface area contributed by atoms with Crippen LogP contribution in [0, 0.1) is 0 Å². The van der Waals surface area contributed by atoms with Crippen LogP contribution in [-0.2, 0) is 11.3 Å². The number of hydrogen-bond donors (Lipinski definition) is 1. The zero-order chi connectivity index (χ0) is 19.3. The minimum Gasteiger partial charge on any atom is -0.493 e. The summed E-state index contributed by atoms with van der Waals surface area (Å²) in [5, 5.41) is 12.2. The van der Waals surface area contributed by atoms with Gasteiger partial charge in [0.25, 0.3) is 0 Å². The molecule has 0 aliphatic heterocycles. The van der Waals surface area contributed by atoms with E-state index >= 15 is 0 Å². The van der Waals surface area contributed by atoms with Gasteiger partial charge in [-0.15, -0.1) is 10.2 Å². The number of benzene rings is 1. The Kier molecular flexibility index (Phi) is 6.52.